The lowest BCUT2D eigenvalue weighted by molar-refractivity contribution is -0.115. The van der Waals surface area contributed by atoms with E-state index < -0.39 is 6.10 Å². The average molecular weight is 326 g/mol. The Morgan fingerprint density at radius 2 is 2.18 bits per heavy atom. The second-order valence-electron chi connectivity index (χ2n) is 5.27. The van der Waals surface area contributed by atoms with E-state index in [4.69, 9.17) is 11.6 Å². The van der Waals surface area contributed by atoms with Crippen molar-refractivity contribution < 1.29 is 14.7 Å². The molecule has 1 heterocycles. The third-order valence-electron chi connectivity index (χ3n) is 3.50. The Kier molecular flexibility index (Phi) is 5.63. The van der Waals surface area contributed by atoms with Crippen molar-refractivity contribution in [2.45, 2.75) is 32.3 Å². The largest absolute Gasteiger partial charge is 0.391 e. The maximum Gasteiger partial charge on any atom is 0.321 e. The molecule has 1 aliphatic rings. The summed E-state index contributed by atoms with van der Waals surface area (Å²) in [5, 5.41) is 15.5. The van der Waals surface area contributed by atoms with E-state index in [1.807, 2.05) is 0 Å². The van der Waals surface area contributed by atoms with Crippen molar-refractivity contribution in [3.8, 4) is 0 Å². The minimum absolute atomic E-state index is 0.112. The summed E-state index contributed by atoms with van der Waals surface area (Å²) in [5.74, 6) is -0.112. The van der Waals surface area contributed by atoms with E-state index in [0.717, 1.165) is 6.42 Å². The Balaban J connectivity index is 2.06. The molecule has 22 heavy (non-hydrogen) atoms. The van der Waals surface area contributed by atoms with Crippen LogP contribution >= 0.6 is 11.6 Å². The summed E-state index contributed by atoms with van der Waals surface area (Å²) in [4.78, 5) is 25.2. The number of urea groups is 1. The van der Waals surface area contributed by atoms with Gasteiger partial charge in [0.05, 0.1) is 16.8 Å². The second-order valence-corrected chi connectivity index (χ2v) is 5.68. The summed E-state index contributed by atoms with van der Waals surface area (Å²) >= 11 is 6.08. The van der Waals surface area contributed by atoms with Crippen LogP contribution in [0.25, 0.3) is 0 Å². The number of piperidine rings is 1. The lowest BCUT2D eigenvalue weighted by atomic mass is 10.1. The normalized spacial score (nSPS) is 18.0. The first-order valence-corrected chi connectivity index (χ1v) is 7.70. The molecule has 3 amide bonds. The number of carbonyl (C=O) groups excluding carboxylic acids is 2. The van der Waals surface area contributed by atoms with E-state index >= 15 is 0 Å². The van der Waals surface area contributed by atoms with Gasteiger partial charge in [-0.15, -0.1) is 0 Å². The molecule has 0 radical (unpaired) electrons. The number of aliphatic hydroxyl groups is 1. The first kappa shape index (κ1) is 16.6. The molecule has 1 aromatic rings. The van der Waals surface area contributed by atoms with Crippen LogP contribution in [-0.4, -0.2) is 41.1 Å². The SMILES string of the molecule is CCC(=O)Nc1ccc(Cl)c(NC(=O)N2CCCC(O)C2)c1. The highest BCUT2D eigenvalue weighted by Gasteiger charge is 2.22. The van der Waals surface area contributed by atoms with Crippen molar-refractivity contribution >= 4 is 34.9 Å². The number of carbonyl (C=O) groups is 2. The Labute approximate surface area is 134 Å². The number of hydrogen-bond donors (Lipinski definition) is 3. The molecule has 0 aliphatic carbocycles. The minimum atomic E-state index is -0.481. The highest BCUT2D eigenvalue weighted by Crippen LogP contribution is 2.26. The van der Waals surface area contributed by atoms with Crippen LogP contribution in [0.15, 0.2) is 18.2 Å². The number of nitrogens with one attached hydrogen (secondary N) is 2. The van der Waals surface area contributed by atoms with Crippen molar-refractivity contribution in [2.75, 3.05) is 23.7 Å². The molecule has 3 N–H and O–H groups in total. The number of β-amino-alcohol motifs (C(OH)–C–C–N with tert-alkyl or cyclic N) is 1. The number of halogens is 1. The number of benzene rings is 1. The lowest BCUT2D eigenvalue weighted by Gasteiger charge is -2.30. The zero-order valence-electron chi connectivity index (χ0n) is 12.4. The molecule has 1 aromatic carbocycles. The molecule has 1 unspecified atom stereocenters. The molecule has 1 atom stereocenters. The van der Waals surface area contributed by atoms with Crippen molar-refractivity contribution in [3.05, 3.63) is 23.2 Å². The fraction of sp³-hybridized carbons (Fsp3) is 0.467. The molecule has 1 aliphatic heterocycles. The molecule has 7 heteroatoms. The Morgan fingerprint density at radius 1 is 1.41 bits per heavy atom. The van der Waals surface area contributed by atoms with Gasteiger partial charge in [0.1, 0.15) is 0 Å². The van der Waals surface area contributed by atoms with Crippen molar-refractivity contribution in [1.29, 1.82) is 0 Å². The highest BCUT2D eigenvalue weighted by molar-refractivity contribution is 6.33. The van der Waals surface area contributed by atoms with E-state index in [2.05, 4.69) is 10.6 Å². The summed E-state index contributed by atoms with van der Waals surface area (Å²) in [6.07, 6.45) is 1.37. The highest BCUT2D eigenvalue weighted by atomic mass is 35.5. The number of nitrogens with zero attached hydrogens (tertiary/aromatic N) is 1. The smallest absolute Gasteiger partial charge is 0.321 e. The van der Waals surface area contributed by atoms with Crippen LogP contribution in [0.2, 0.25) is 5.02 Å². The molecule has 6 nitrogen and oxygen atoms in total. The van der Waals surface area contributed by atoms with Gasteiger partial charge in [0.2, 0.25) is 5.91 Å². The van der Waals surface area contributed by atoms with Gasteiger partial charge < -0.3 is 20.6 Å². The molecule has 1 fully saturated rings. The van der Waals surface area contributed by atoms with E-state index in [1.54, 1.807) is 30.0 Å². The summed E-state index contributed by atoms with van der Waals surface area (Å²) in [6.45, 7) is 2.68. The standard InChI is InChI=1S/C15H20ClN3O3/c1-2-14(21)17-10-5-6-12(16)13(8-10)18-15(22)19-7-3-4-11(20)9-19/h5-6,8,11,20H,2-4,7,9H2,1H3,(H,17,21)(H,18,22). The van der Waals surface area contributed by atoms with Gasteiger partial charge in [0.25, 0.3) is 0 Å². The zero-order chi connectivity index (χ0) is 16.1. The molecule has 2 rings (SSSR count). The first-order valence-electron chi connectivity index (χ1n) is 7.33. The molecule has 1 saturated heterocycles. The van der Waals surface area contributed by atoms with Crippen molar-refractivity contribution in [2.24, 2.45) is 0 Å². The third-order valence-corrected chi connectivity index (χ3v) is 3.83. The van der Waals surface area contributed by atoms with Gasteiger partial charge >= 0.3 is 6.03 Å². The second kappa shape index (κ2) is 7.47. The summed E-state index contributed by atoms with van der Waals surface area (Å²) < 4.78 is 0. The van der Waals surface area contributed by atoms with Gasteiger partial charge in [-0.2, -0.15) is 0 Å². The molecule has 0 bridgehead atoms. The van der Waals surface area contributed by atoms with Crippen LogP contribution in [0.5, 0.6) is 0 Å². The van der Waals surface area contributed by atoms with Crippen LogP contribution in [0, 0.1) is 0 Å². The fourth-order valence-corrected chi connectivity index (χ4v) is 2.45. The van der Waals surface area contributed by atoms with Crippen LogP contribution < -0.4 is 10.6 Å². The van der Waals surface area contributed by atoms with E-state index in [9.17, 15) is 14.7 Å². The molecule has 0 spiro atoms. The van der Waals surface area contributed by atoms with Gasteiger partial charge in [-0.3, -0.25) is 4.79 Å². The molecular formula is C15H20ClN3O3. The van der Waals surface area contributed by atoms with Crippen molar-refractivity contribution in [1.82, 2.24) is 4.90 Å². The van der Waals surface area contributed by atoms with Gasteiger partial charge in [-0.25, -0.2) is 4.79 Å². The van der Waals surface area contributed by atoms with Gasteiger partial charge in [0.15, 0.2) is 0 Å². The molecule has 0 saturated carbocycles. The quantitative estimate of drug-likeness (QED) is 0.799. The van der Waals surface area contributed by atoms with E-state index in [-0.39, 0.29) is 11.9 Å². The molecule has 120 valence electrons. The summed E-state index contributed by atoms with van der Waals surface area (Å²) in [7, 11) is 0. The number of likely N-dealkylation sites (tertiary alicyclic amines) is 1. The van der Waals surface area contributed by atoms with Crippen molar-refractivity contribution in [3.63, 3.8) is 0 Å². The van der Waals surface area contributed by atoms with Gasteiger partial charge in [-0.1, -0.05) is 18.5 Å². The van der Waals surface area contributed by atoms with Crippen LogP contribution in [0.4, 0.5) is 16.2 Å². The zero-order valence-corrected chi connectivity index (χ0v) is 13.2. The Hall–Kier alpha value is -1.79. The average Bonchev–Trinajstić information content (AvgIpc) is 2.50. The lowest BCUT2D eigenvalue weighted by Crippen LogP contribution is -2.44. The fourth-order valence-electron chi connectivity index (χ4n) is 2.28. The summed E-state index contributed by atoms with van der Waals surface area (Å²) in [6, 6.07) is 4.61. The maximum atomic E-state index is 12.2. The number of anilines is 2. The predicted molar refractivity (Wildman–Crippen MR) is 86.2 cm³/mol. The number of aliphatic hydroxyl groups excluding tert-OH is 1. The Morgan fingerprint density at radius 3 is 2.86 bits per heavy atom. The van der Waals surface area contributed by atoms with E-state index in [1.165, 1.54) is 0 Å². The van der Waals surface area contributed by atoms with Crippen LogP contribution in [-0.2, 0) is 4.79 Å². The van der Waals surface area contributed by atoms with Gasteiger partial charge in [-0.05, 0) is 31.0 Å². The number of amides is 3. The van der Waals surface area contributed by atoms with E-state index in [0.29, 0.717) is 42.3 Å². The number of rotatable bonds is 3. The third kappa shape index (κ3) is 4.35. The monoisotopic (exact) mass is 325 g/mol. The predicted octanol–water partition coefficient (Wildman–Crippen LogP) is 2.68. The topological polar surface area (TPSA) is 81.7 Å². The molecule has 0 aromatic heterocycles. The maximum absolute atomic E-state index is 12.2. The minimum Gasteiger partial charge on any atom is -0.391 e. The Bertz CT molecular complexity index is 565. The number of hydrogen-bond acceptors (Lipinski definition) is 3. The van der Waals surface area contributed by atoms with Gasteiger partial charge in [0, 0.05) is 25.2 Å². The molecular weight excluding hydrogens is 306 g/mol. The summed E-state index contributed by atoms with van der Waals surface area (Å²) in [5.41, 5.74) is 1.01. The van der Waals surface area contributed by atoms with Crippen LogP contribution in [0.3, 0.4) is 0 Å². The first-order chi connectivity index (χ1) is 10.5. The van der Waals surface area contributed by atoms with Crippen LogP contribution in [0.1, 0.15) is 26.2 Å².